The van der Waals surface area contributed by atoms with Crippen LogP contribution in [0.25, 0.3) is 0 Å². The molecule has 2 atom stereocenters. The summed E-state index contributed by atoms with van der Waals surface area (Å²) in [4.78, 5) is 36.7. The van der Waals surface area contributed by atoms with Crippen molar-refractivity contribution >= 4 is 29.6 Å². The van der Waals surface area contributed by atoms with Crippen molar-refractivity contribution in [1.29, 1.82) is 0 Å². The van der Waals surface area contributed by atoms with Crippen LogP contribution in [0.5, 0.6) is 0 Å². The third-order valence-corrected chi connectivity index (χ3v) is 8.51. The van der Waals surface area contributed by atoms with Gasteiger partial charge in [-0.05, 0) is 19.4 Å². The minimum atomic E-state index is -1.09. The molecule has 3 N–H and O–H groups in total. The van der Waals surface area contributed by atoms with Crippen LogP contribution in [0.4, 0.5) is 0 Å². The molecule has 0 aliphatic carbocycles. The molecule has 0 aliphatic rings. The lowest BCUT2D eigenvalue weighted by Gasteiger charge is -2.21. The molecule has 0 aromatic carbocycles. The molecule has 9 heteroatoms. The van der Waals surface area contributed by atoms with E-state index in [9.17, 15) is 19.5 Å². The lowest BCUT2D eigenvalue weighted by Crippen LogP contribution is -2.53. The van der Waals surface area contributed by atoms with Gasteiger partial charge in [0.2, 0.25) is 5.91 Å². The number of carbonyl (C=O) groups is 3. The Morgan fingerprint density at radius 3 is 1.71 bits per heavy atom. The van der Waals surface area contributed by atoms with E-state index in [1.165, 1.54) is 115 Å². The maximum atomic E-state index is 12.8. The second-order valence-corrected chi connectivity index (χ2v) is 12.5. The van der Waals surface area contributed by atoms with E-state index in [1.807, 2.05) is 0 Å². The number of aliphatic hydroxyl groups is 1. The number of carbonyl (C=O) groups excluding carboxylic acids is 3. The number of esters is 2. The second-order valence-electron chi connectivity index (χ2n) is 11.3. The first-order valence-electron chi connectivity index (χ1n) is 17.0. The molecule has 0 spiro atoms. The van der Waals surface area contributed by atoms with E-state index in [0.717, 1.165) is 25.7 Å². The molecular weight excluding hydrogens is 552 g/mol. The van der Waals surface area contributed by atoms with E-state index in [4.69, 9.17) is 4.74 Å². The van der Waals surface area contributed by atoms with Crippen LogP contribution in [0.15, 0.2) is 0 Å². The Morgan fingerprint density at radius 2 is 1.21 bits per heavy atom. The number of aliphatic hydroxyl groups excluding tert-OH is 1. The first-order chi connectivity index (χ1) is 20.5. The molecule has 0 rings (SSSR count). The molecule has 0 saturated heterocycles. The first kappa shape index (κ1) is 40.7. The fraction of sp³-hybridized carbons (Fsp3) is 0.909. The number of ether oxygens (including phenoxy) is 2. The second kappa shape index (κ2) is 31.1. The van der Waals surface area contributed by atoms with Gasteiger partial charge in [0.05, 0.1) is 19.8 Å². The van der Waals surface area contributed by atoms with Crippen molar-refractivity contribution in [3.63, 3.8) is 0 Å². The molecule has 0 aromatic rings. The van der Waals surface area contributed by atoms with Crippen molar-refractivity contribution in [1.82, 2.24) is 10.6 Å². The van der Waals surface area contributed by atoms with Crippen molar-refractivity contribution in [3.8, 4) is 0 Å². The van der Waals surface area contributed by atoms with Gasteiger partial charge in [-0.25, -0.2) is 4.79 Å². The molecule has 8 nitrogen and oxygen atoms in total. The van der Waals surface area contributed by atoms with E-state index >= 15 is 0 Å². The quantitative estimate of drug-likeness (QED) is 0.0582. The lowest BCUT2D eigenvalue weighted by molar-refractivity contribution is -0.146. The van der Waals surface area contributed by atoms with E-state index in [-0.39, 0.29) is 11.9 Å². The van der Waals surface area contributed by atoms with Gasteiger partial charge in [-0.1, -0.05) is 123 Å². The van der Waals surface area contributed by atoms with Gasteiger partial charge in [-0.15, -0.1) is 0 Å². The SMILES string of the molecule is CCCCCCCCCCCCCCCC(=O)OCCSC[C@H](NCCCCCCCC)C(=O)N[C@@H](CO)C(=O)OC. The number of unbranched alkanes of at least 4 members (excludes halogenated alkanes) is 17. The molecule has 0 fully saturated rings. The first-order valence-corrected chi connectivity index (χ1v) is 18.1. The zero-order valence-corrected chi connectivity index (χ0v) is 28.0. The summed E-state index contributed by atoms with van der Waals surface area (Å²) in [5, 5.41) is 15.3. The number of hydrogen-bond acceptors (Lipinski definition) is 8. The summed E-state index contributed by atoms with van der Waals surface area (Å²) in [5.41, 5.74) is 0. The van der Waals surface area contributed by atoms with Gasteiger partial charge in [0.25, 0.3) is 0 Å². The highest BCUT2D eigenvalue weighted by atomic mass is 32.2. The van der Waals surface area contributed by atoms with Crippen LogP contribution in [-0.2, 0) is 23.9 Å². The Labute approximate surface area is 261 Å². The topological polar surface area (TPSA) is 114 Å². The van der Waals surface area contributed by atoms with Gasteiger partial charge in [-0.3, -0.25) is 9.59 Å². The third kappa shape index (κ3) is 25.2. The van der Waals surface area contributed by atoms with Crippen molar-refractivity contribution in [3.05, 3.63) is 0 Å². The minimum absolute atomic E-state index is 0.155. The zero-order chi connectivity index (χ0) is 31.1. The van der Waals surface area contributed by atoms with Crippen LogP contribution < -0.4 is 10.6 Å². The molecule has 0 heterocycles. The number of thioether (sulfide) groups is 1. The normalized spacial score (nSPS) is 12.6. The Kier molecular flexibility index (Phi) is 30.1. The summed E-state index contributed by atoms with van der Waals surface area (Å²) >= 11 is 1.52. The summed E-state index contributed by atoms with van der Waals surface area (Å²) < 4.78 is 10.0. The van der Waals surface area contributed by atoms with Crippen LogP contribution in [0.2, 0.25) is 0 Å². The number of hydrogen-bond donors (Lipinski definition) is 3. The third-order valence-electron chi connectivity index (χ3n) is 7.48. The molecule has 0 unspecified atom stereocenters. The lowest BCUT2D eigenvalue weighted by atomic mass is 10.0. The number of nitrogens with one attached hydrogen (secondary N) is 2. The van der Waals surface area contributed by atoms with Crippen molar-refractivity contribution in [2.24, 2.45) is 0 Å². The van der Waals surface area contributed by atoms with Crippen molar-refractivity contribution < 1.29 is 29.0 Å². The van der Waals surface area contributed by atoms with Gasteiger partial charge < -0.3 is 25.2 Å². The maximum Gasteiger partial charge on any atom is 0.330 e. The van der Waals surface area contributed by atoms with Crippen molar-refractivity contribution in [2.45, 2.75) is 154 Å². The highest BCUT2D eigenvalue weighted by Crippen LogP contribution is 2.13. The average Bonchev–Trinajstić information content (AvgIpc) is 2.99. The Balaban J connectivity index is 4.07. The number of amides is 1. The monoisotopic (exact) mass is 616 g/mol. The van der Waals surface area contributed by atoms with Gasteiger partial charge in [-0.2, -0.15) is 11.8 Å². The van der Waals surface area contributed by atoms with Crippen LogP contribution >= 0.6 is 11.8 Å². The molecule has 0 aliphatic heterocycles. The van der Waals surface area contributed by atoms with E-state index in [2.05, 4.69) is 29.2 Å². The Bertz CT molecular complexity index is 652. The fourth-order valence-electron chi connectivity index (χ4n) is 4.78. The maximum absolute atomic E-state index is 12.8. The molecule has 0 bridgehead atoms. The smallest absolute Gasteiger partial charge is 0.330 e. The van der Waals surface area contributed by atoms with Crippen molar-refractivity contribution in [2.75, 3.05) is 38.4 Å². The van der Waals surface area contributed by atoms with Gasteiger partial charge >= 0.3 is 11.9 Å². The largest absolute Gasteiger partial charge is 0.467 e. The Hall–Kier alpha value is -1.32. The Morgan fingerprint density at radius 1 is 0.714 bits per heavy atom. The highest BCUT2D eigenvalue weighted by molar-refractivity contribution is 7.99. The predicted octanol–water partition coefficient (Wildman–Crippen LogP) is 6.71. The molecular formula is C33H64N2O6S. The number of methoxy groups -OCH3 is 1. The summed E-state index contributed by atoms with van der Waals surface area (Å²) in [6, 6.07) is -1.61. The molecule has 1 amide bonds. The predicted molar refractivity (Wildman–Crippen MR) is 175 cm³/mol. The minimum Gasteiger partial charge on any atom is -0.467 e. The zero-order valence-electron chi connectivity index (χ0n) is 27.2. The average molecular weight is 617 g/mol. The highest BCUT2D eigenvalue weighted by Gasteiger charge is 2.25. The van der Waals surface area contributed by atoms with Gasteiger partial charge in [0.15, 0.2) is 6.04 Å². The van der Waals surface area contributed by atoms with Crippen LogP contribution in [-0.4, -0.2) is 73.4 Å². The summed E-state index contributed by atoms with van der Waals surface area (Å²) in [6.45, 7) is 4.94. The van der Waals surface area contributed by atoms with Gasteiger partial charge in [0.1, 0.15) is 6.61 Å². The van der Waals surface area contributed by atoms with Gasteiger partial charge in [0, 0.05) is 17.9 Å². The molecule has 248 valence electrons. The van der Waals surface area contributed by atoms with Crippen LogP contribution in [0.3, 0.4) is 0 Å². The summed E-state index contributed by atoms with van der Waals surface area (Å²) in [7, 11) is 1.22. The van der Waals surface area contributed by atoms with E-state index < -0.39 is 24.7 Å². The number of rotatable bonds is 31. The molecule has 0 saturated carbocycles. The molecule has 0 radical (unpaired) electrons. The molecule has 0 aromatic heterocycles. The molecule has 42 heavy (non-hydrogen) atoms. The summed E-state index contributed by atoms with van der Waals surface area (Å²) in [5.74, 6) is -0.121. The standard InChI is InChI=1S/C33H64N2O6S/c1-4-6-8-10-12-13-14-15-16-17-18-19-21-23-31(37)41-25-26-42-28-30(34-24-22-20-11-9-7-5-2)32(38)35-29(27-36)33(39)40-3/h29-30,34,36H,4-28H2,1-3H3,(H,35,38)/t29-,30-/m0/s1. The van der Waals surface area contributed by atoms with E-state index in [1.54, 1.807) is 0 Å². The van der Waals surface area contributed by atoms with E-state index in [0.29, 0.717) is 31.1 Å². The fourth-order valence-corrected chi connectivity index (χ4v) is 5.65. The van der Waals surface area contributed by atoms with Crippen LogP contribution in [0.1, 0.15) is 142 Å². The summed E-state index contributed by atoms with van der Waals surface area (Å²) in [6.07, 6.45) is 24.0. The van der Waals surface area contributed by atoms with Crippen LogP contribution in [0, 0.1) is 0 Å².